The van der Waals surface area contributed by atoms with E-state index in [-0.39, 0.29) is 30.8 Å². The number of carbonyl (C=O) groups excluding carboxylic acids is 2. The van der Waals surface area contributed by atoms with Crippen molar-refractivity contribution in [3.63, 3.8) is 0 Å². The largest absolute Gasteiger partial charge is 0.352 e. The van der Waals surface area contributed by atoms with Crippen molar-refractivity contribution in [2.45, 2.75) is 59.2 Å². The molecule has 0 aliphatic rings. The van der Waals surface area contributed by atoms with Crippen LogP contribution >= 0.6 is 23.2 Å². The maximum Gasteiger partial charge on any atom is 0.242 e. The van der Waals surface area contributed by atoms with Crippen LogP contribution in [0.15, 0.2) is 42.5 Å². The summed E-state index contributed by atoms with van der Waals surface area (Å²) in [4.78, 5) is 27.5. The van der Waals surface area contributed by atoms with E-state index in [4.69, 9.17) is 23.2 Å². The molecule has 2 amide bonds. The van der Waals surface area contributed by atoms with Crippen LogP contribution in [0.25, 0.3) is 0 Å². The number of nitrogens with one attached hydrogen (secondary N) is 1. The van der Waals surface area contributed by atoms with Gasteiger partial charge in [0.15, 0.2) is 0 Å². The average Bonchev–Trinajstić information content (AvgIpc) is 2.68. The third-order valence-corrected chi connectivity index (χ3v) is 5.74. The van der Waals surface area contributed by atoms with E-state index < -0.39 is 6.04 Å². The van der Waals surface area contributed by atoms with Gasteiger partial charge in [0, 0.05) is 28.2 Å². The Balaban J connectivity index is 2.29. The first-order chi connectivity index (χ1) is 13.7. The molecule has 0 saturated heterocycles. The van der Waals surface area contributed by atoms with Crippen molar-refractivity contribution in [3.05, 3.63) is 69.2 Å². The van der Waals surface area contributed by atoms with Crippen LogP contribution in [0.3, 0.4) is 0 Å². The lowest BCUT2D eigenvalue weighted by Gasteiger charge is -2.30. The highest BCUT2D eigenvalue weighted by Gasteiger charge is 2.28. The van der Waals surface area contributed by atoms with Crippen molar-refractivity contribution in [2.75, 3.05) is 0 Å². The Morgan fingerprint density at radius 2 is 1.62 bits per heavy atom. The standard InChI is InChI=1S/C23H28Cl2N2O2/c1-5-16(3)26-23(29)17(4)27(14-19-20(24)7-6-8-21(19)25)22(28)13-18-11-9-15(2)10-12-18/h6-12,16-17H,5,13-14H2,1-4H3,(H,26,29)/t16-,17+/m1/s1. The van der Waals surface area contributed by atoms with E-state index in [2.05, 4.69) is 5.32 Å². The van der Waals surface area contributed by atoms with Gasteiger partial charge in [0.05, 0.1) is 6.42 Å². The summed E-state index contributed by atoms with van der Waals surface area (Å²) in [6.07, 6.45) is 1.01. The third-order valence-electron chi connectivity index (χ3n) is 5.03. The topological polar surface area (TPSA) is 49.4 Å². The number of halogens is 2. The summed E-state index contributed by atoms with van der Waals surface area (Å²) in [6, 6.07) is 12.4. The van der Waals surface area contributed by atoms with E-state index in [1.807, 2.05) is 45.0 Å². The molecule has 0 radical (unpaired) electrons. The first kappa shape index (κ1) is 23.2. The minimum absolute atomic E-state index is 0.0305. The predicted molar refractivity (Wildman–Crippen MR) is 119 cm³/mol. The van der Waals surface area contributed by atoms with Gasteiger partial charge in [0.25, 0.3) is 0 Å². The number of hydrogen-bond donors (Lipinski definition) is 1. The minimum atomic E-state index is -0.658. The number of aryl methyl sites for hydroxylation is 1. The highest BCUT2D eigenvalue weighted by molar-refractivity contribution is 6.36. The highest BCUT2D eigenvalue weighted by Crippen LogP contribution is 2.27. The second-order valence-corrected chi connectivity index (χ2v) is 8.19. The molecule has 2 aromatic carbocycles. The normalized spacial score (nSPS) is 12.9. The van der Waals surface area contributed by atoms with Gasteiger partial charge < -0.3 is 10.2 Å². The van der Waals surface area contributed by atoms with Gasteiger partial charge in [-0.3, -0.25) is 9.59 Å². The third kappa shape index (κ3) is 6.48. The van der Waals surface area contributed by atoms with Crippen molar-refractivity contribution < 1.29 is 9.59 Å². The van der Waals surface area contributed by atoms with Crippen LogP contribution in [-0.2, 0) is 22.6 Å². The van der Waals surface area contributed by atoms with Crippen molar-refractivity contribution in [1.82, 2.24) is 10.2 Å². The molecular weight excluding hydrogens is 407 g/mol. The van der Waals surface area contributed by atoms with Crippen LogP contribution in [0.2, 0.25) is 10.0 Å². The number of nitrogens with zero attached hydrogens (tertiary/aromatic N) is 1. The Kier molecular flexibility index (Phi) is 8.54. The zero-order chi connectivity index (χ0) is 21.6. The predicted octanol–water partition coefficient (Wildman–Crippen LogP) is 5.18. The van der Waals surface area contributed by atoms with Crippen LogP contribution < -0.4 is 5.32 Å². The molecule has 6 heteroatoms. The molecule has 2 atom stereocenters. The van der Waals surface area contributed by atoms with Crippen molar-refractivity contribution in [2.24, 2.45) is 0 Å². The lowest BCUT2D eigenvalue weighted by atomic mass is 10.1. The summed E-state index contributed by atoms with van der Waals surface area (Å²) in [6.45, 7) is 7.83. The van der Waals surface area contributed by atoms with Crippen molar-refractivity contribution >= 4 is 35.0 Å². The number of rotatable bonds is 8. The van der Waals surface area contributed by atoms with E-state index in [0.29, 0.717) is 15.6 Å². The van der Waals surface area contributed by atoms with Gasteiger partial charge in [0.2, 0.25) is 11.8 Å². The van der Waals surface area contributed by atoms with Gasteiger partial charge in [0.1, 0.15) is 6.04 Å². The van der Waals surface area contributed by atoms with Gasteiger partial charge in [-0.2, -0.15) is 0 Å². The van der Waals surface area contributed by atoms with E-state index in [1.54, 1.807) is 30.0 Å². The first-order valence-electron chi connectivity index (χ1n) is 9.81. The molecule has 29 heavy (non-hydrogen) atoms. The second-order valence-electron chi connectivity index (χ2n) is 7.38. The number of benzene rings is 2. The molecule has 0 saturated carbocycles. The molecule has 0 spiro atoms. The van der Waals surface area contributed by atoms with E-state index in [1.165, 1.54) is 0 Å². The van der Waals surface area contributed by atoms with Gasteiger partial charge in [-0.15, -0.1) is 0 Å². The Bertz CT molecular complexity index is 832. The van der Waals surface area contributed by atoms with Crippen LogP contribution in [0.4, 0.5) is 0 Å². The average molecular weight is 435 g/mol. The fourth-order valence-corrected chi connectivity index (χ4v) is 3.40. The Morgan fingerprint density at radius 1 is 1.03 bits per heavy atom. The monoisotopic (exact) mass is 434 g/mol. The fourth-order valence-electron chi connectivity index (χ4n) is 2.88. The molecule has 0 unspecified atom stereocenters. The van der Waals surface area contributed by atoms with Gasteiger partial charge >= 0.3 is 0 Å². The number of hydrogen-bond acceptors (Lipinski definition) is 2. The lowest BCUT2D eigenvalue weighted by Crippen LogP contribution is -2.50. The molecule has 2 aromatic rings. The molecule has 0 aliphatic heterocycles. The number of carbonyl (C=O) groups is 2. The fraction of sp³-hybridized carbons (Fsp3) is 0.391. The van der Waals surface area contributed by atoms with E-state index in [9.17, 15) is 9.59 Å². The van der Waals surface area contributed by atoms with E-state index in [0.717, 1.165) is 17.5 Å². The van der Waals surface area contributed by atoms with Gasteiger partial charge in [-0.25, -0.2) is 0 Å². The molecular formula is C23H28Cl2N2O2. The summed E-state index contributed by atoms with van der Waals surface area (Å²) in [7, 11) is 0. The van der Waals surface area contributed by atoms with Gasteiger partial charge in [-0.05, 0) is 44.9 Å². The van der Waals surface area contributed by atoms with E-state index >= 15 is 0 Å². The van der Waals surface area contributed by atoms with Crippen LogP contribution in [0.5, 0.6) is 0 Å². The molecule has 0 fully saturated rings. The van der Waals surface area contributed by atoms with Crippen LogP contribution in [-0.4, -0.2) is 28.8 Å². The summed E-state index contributed by atoms with van der Waals surface area (Å²) in [5.41, 5.74) is 2.66. The molecule has 0 aliphatic carbocycles. The zero-order valence-electron chi connectivity index (χ0n) is 17.3. The minimum Gasteiger partial charge on any atom is -0.352 e. The maximum atomic E-state index is 13.2. The van der Waals surface area contributed by atoms with Crippen LogP contribution in [0, 0.1) is 6.92 Å². The molecule has 156 valence electrons. The molecule has 4 nitrogen and oxygen atoms in total. The molecule has 1 N–H and O–H groups in total. The summed E-state index contributed by atoms with van der Waals surface area (Å²) in [5, 5.41) is 3.90. The molecule has 2 rings (SSSR count). The summed E-state index contributed by atoms with van der Waals surface area (Å²) < 4.78 is 0. The maximum absolute atomic E-state index is 13.2. The first-order valence-corrected chi connectivity index (χ1v) is 10.6. The molecule has 0 aromatic heterocycles. The quantitative estimate of drug-likeness (QED) is 0.622. The molecule has 0 bridgehead atoms. The Hall–Kier alpha value is -2.04. The Morgan fingerprint density at radius 3 is 2.17 bits per heavy atom. The smallest absolute Gasteiger partial charge is 0.242 e. The van der Waals surface area contributed by atoms with Crippen LogP contribution in [0.1, 0.15) is 43.9 Å². The van der Waals surface area contributed by atoms with Crippen molar-refractivity contribution in [3.8, 4) is 0 Å². The van der Waals surface area contributed by atoms with Crippen molar-refractivity contribution in [1.29, 1.82) is 0 Å². The number of amides is 2. The van der Waals surface area contributed by atoms with Gasteiger partial charge in [-0.1, -0.05) is 66.0 Å². The summed E-state index contributed by atoms with van der Waals surface area (Å²) >= 11 is 12.6. The zero-order valence-corrected chi connectivity index (χ0v) is 18.8. The molecule has 0 heterocycles. The highest BCUT2D eigenvalue weighted by atomic mass is 35.5. The second kappa shape index (κ2) is 10.7. The lowest BCUT2D eigenvalue weighted by molar-refractivity contribution is -0.140. The Labute approximate surface area is 183 Å². The summed E-state index contributed by atoms with van der Waals surface area (Å²) in [5.74, 6) is -0.351. The SMILES string of the molecule is CC[C@@H](C)NC(=O)[C@H](C)N(Cc1c(Cl)cccc1Cl)C(=O)Cc1ccc(C)cc1.